The highest BCUT2D eigenvalue weighted by Gasteiger charge is 2.19. The Hall–Kier alpha value is -4.58. The third-order valence-electron chi connectivity index (χ3n) is 5.60. The summed E-state index contributed by atoms with van der Waals surface area (Å²) in [5.74, 6) is 0.114. The Balaban J connectivity index is 1.53. The average molecular weight is 548 g/mol. The predicted octanol–water partition coefficient (Wildman–Crippen LogP) is 7.19. The van der Waals surface area contributed by atoms with Gasteiger partial charge in [-0.3, -0.25) is 14.9 Å². The number of carbonyl (C=O) groups excluding carboxylic acids is 1. The zero-order valence-corrected chi connectivity index (χ0v) is 21.4. The molecule has 0 saturated carbocycles. The number of anilines is 1. The van der Waals surface area contributed by atoms with Crippen LogP contribution in [0.2, 0.25) is 10.0 Å². The van der Waals surface area contributed by atoms with Crippen molar-refractivity contribution in [2.75, 3.05) is 12.4 Å². The fraction of sp³-hybridized carbons (Fsp3) is 0.0714. The summed E-state index contributed by atoms with van der Waals surface area (Å²) < 4.78 is 11.5. The first-order valence-electron chi connectivity index (χ1n) is 11.1. The van der Waals surface area contributed by atoms with Gasteiger partial charge in [0.2, 0.25) is 0 Å². The van der Waals surface area contributed by atoms with Crippen LogP contribution in [0.4, 0.5) is 11.4 Å². The molecule has 1 amide bonds. The maximum atomic E-state index is 12.8. The van der Waals surface area contributed by atoms with Crippen LogP contribution >= 0.6 is 23.2 Å². The maximum absolute atomic E-state index is 12.8. The monoisotopic (exact) mass is 547 g/mol. The van der Waals surface area contributed by atoms with Crippen LogP contribution in [-0.2, 0) is 11.4 Å². The summed E-state index contributed by atoms with van der Waals surface area (Å²) in [5, 5.41) is 24.9. The molecule has 0 atom stereocenters. The molecule has 0 aliphatic heterocycles. The Morgan fingerprint density at radius 2 is 1.76 bits per heavy atom. The first kappa shape index (κ1) is 26.5. The zero-order valence-electron chi connectivity index (χ0n) is 19.9. The molecule has 0 bridgehead atoms. The van der Waals surface area contributed by atoms with E-state index in [4.69, 9.17) is 32.7 Å². The molecule has 0 fully saturated rings. The first-order valence-corrected chi connectivity index (χ1v) is 11.9. The lowest BCUT2D eigenvalue weighted by molar-refractivity contribution is -0.384. The number of nitriles is 1. The number of nitro groups is 1. The molecule has 0 heterocycles. The summed E-state index contributed by atoms with van der Waals surface area (Å²) in [5.41, 5.74) is 0.902. The van der Waals surface area contributed by atoms with E-state index < -0.39 is 10.8 Å². The number of ether oxygens (including phenoxy) is 2. The van der Waals surface area contributed by atoms with Crippen molar-refractivity contribution in [1.29, 1.82) is 5.26 Å². The van der Waals surface area contributed by atoms with Crippen LogP contribution in [0.15, 0.2) is 78.4 Å². The number of hydrogen-bond acceptors (Lipinski definition) is 6. The highest BCUT2D eigenvalue weighted by Crippen LogP contribution is 2.35. The average Bonchev–Trinajstić information content (AvgIpc) is 2.92. The Labute approximate surface area is 227 Å². The lowest BCUT2D eigenvalue weighted by atomic mass is 10.1. The van der Waals surface area contributed by atoms with Gasteiger partial charge in [-0.2, -0.15) is 5.26 Å². The molecule has 190 valence electrons. The Bertz CT molecular complexity index is 1600. The normalized spacial score (nSPS) is 11.1. The van der Waals surface area contributed by atoms with Crippen molar-refractivity contribution in [3.05, 3.63) is 110 Å². The van der Waals surface area contributed by atoms with Gasteiger partial charge < -0.3 is 14.8 Å². The molecule has 8 nitrogen and oxygen atoms in total. The first-order chi connectivity index (χ1) is 18.3. The van der Waals surface area contributed by atoms with Gasteiger partial charge in [0.05, 0.1) is 27.8 Å². The van der Waals surface area contributed by atoms with Gasteiger partial charge in [-0.15, -0.1) is 0 Å². The number of amides is 1. The second kappa shape index (κ2) is 11.6. The maximum Gasteiger partial charge on any atom is 0.272 e. The van der Waals surface area contributed by atoms with Gasteiger partial charge in [0.15, 0.2) is 11.5 Å². The topological polar surface area (TPSA) is 114 Å². The third kappa shape index (κ3) is 5.86. The summed E-state index contributed by atoms with van der Waals surface area (Å²) in [6.07, 6.45) is 1.36. The van der Waals surface area contributed by atoms with Crippen LogP contribution in [-0.4, -0.2) is 17.9 Å². The van der Waals surface area contributed by atoms with Crippen LogP contribution < -0.4 is 14.8 Å². The van der Waals surface area contributed by atoms with Gasteiger partial charge in [-0.25, -0.2) is 0 Å². The van der Waals surface area contributed by atoms with Crippen molar-refractivity contribution in [3.63, 3.8) is 0 Å². The number of nitro benzene ring substituents is 1. The van der Waals surface area contributed by atoms with Gasteiger partial charge in [-0.05, 0) is 40.1 Å². The van der Waals surface area contributed by atoms with Crippen LogP contribution in [0.1, 0.15) is 11.1 Å². The molecule has 0 spiro atoms. The lowest BCUT2D eigenvalue weighted by Gasteiger charge is -2.13. The second-order valence-corrected chi connectivity index (χ2v) is 8.82. The number of benzene rings is 4. The van der Waals surface area contributed by atoms with Crippen molar-refractivity contribution in [2.24, 2.45) is 0 Å². The molecule has 4 aromatic carbocycles. The van der Waals surface area contributed by atoms with Gasteiger partial charge >= 0.3 is 0 Å². The number of carbonyl (C=O) groups is 1. The second-order valence-electron chi connectivity index (χ2n) is 8.00. The molecule has 10 heteroatoms. The smallest absolute Gasteiger partial charge is 0.272 e. The van der Waals surface area contributed by atoms with E-state index in [1.54, 1.807) is 18.2 Å². The summed E-state index contributed by atoms with van der Waals surface area (Å²) in [6.45, 7) is 0.315. The SMILES string of the molecule is COc1cc(/C=C(\C#N)C(=O)Nc2c(Cl)cc([N+](=O)[O-])cc2Cl)ccc1OCc1cccc2ccccc12. The lowest BCUT2D eigenvalue weighted by Crippen LogP contribution is -2.14. The number of halogens is 2. The van der Waals surface area contributed by atoms with E-state index in [9.17, 15) is 20.2 Å². The molecule has 1 N–H and O–H groups in total. The van der Waals surface area contributed by atoms with Crippen molar-refractivity contribution in [3.8, 4) is 17.6 Å². The summed E-state index contributed by atoms with van der Waals surface area (Å²) in [7, 11) is 1.49. The Kier molecular flexibility index (Phi) is 8.12. The van der Waals surface area contributed by atoms with E-state index in [2.05, 4.69) is 5.32 Å². The fourth-order valence-corrected chi connectivity index (χ4v) is 4.32. The number of non-ortho nitro benzene ring substituents is 1. The number of nitrogens with one attached hydrogen (secondary N) is 1. The minimum absolute atomic E-state index is 0.0418. The summed E-state index contributed by atoms with van der Waals surface area (Å²) >= 11 is 12.1. The molecular formula is C28H19Cl2N3O5. The Morgan fingerprint density at radius 3 is 2.45 bits per heavy atom. The van der Waals surface area contributed by atoms with Crippen LogP contribution in [0.25, 0.3) is 16.8 Å². The summed E-state index contributed by atoms with van der Waals surface area (Å²) in [6, 6.07) is 23.0. The standard InChI is InChI=1S/C28H19Cl2N3O5/c1-37-26-12-17(9-10-25(26)38-16-19-7-4-6-18-5-2-3-8-22(18)19)11-20(15-31)28(34)32-27-23(29)13-21(33(35)36)14-24(27)30/h2-14H,16H2,1H3,(H,32,34)/b20-11+. The summed E-state index contributed by atoms with van der Waals surface area (Å²) in [4.78, 5) is 23.1. The van der Waals surface area contributed by atoms with E-state index in [-0.39, 0.29) is 27.0 Å². The quantitative estimate of drug-likeness (QED) is 0.108. The molecule has 38 heavy (non-hydrogen) atoms. The zero-order chi connectivity index (χ0) is 27.2. The predicted molar refractivity (Wildman–Crippen MR) is 147 cm³/mol. The van der Waals surface area contributed by atoms with E-state index in [0.717, 1.165) is 28.5 Å². The molecule has 0 radical (unpaired) electrons. The van der Waals surface area contributed by atoms with Crippen molar-refractivity contribution < 1.29 is 19.2 Å². The number of methoxy groups -OCH3 is 1. The largest absolute Gasteiger partial charge is 0.493 e. The van der Waals surface area contributed by atoms with E-state index >= 15 is 0 Å². The van der Waals surface area contributed by atoms with Crippen LogP contribution in [0, 0.1) is 21.4 Å². The van der Waals surface area contributed by atoms with Gasteiger partial charge in [0, 0.05) is 12.1 Å². The number of fused-ring (bicyclic) bond motifs is 1. The van der Waals surface area contributed by atoms with E-state index in [1.165, 1.54) is 13.2 Å². The minimum Gasteiger partial charge on any atom is -0.493 e. The molecule has 0 unspecified atom stereocenters. The van der Waals surface area contributed by atoms with Crippen molar-refractivity contribution in [2.45, 2.75) is 6.61 Å². The van der Waals surface area contributed by atoms with Crippen molar-refractivity contribution >= 4 is 57.3 Å². The number of hydrogen-bond donors (Lipinski definition) is 1. The molecule has 0 aliphatic carbocycles. The number of nitrogens with zero attached hydrogens (tertiary/aromatic N) is 2. The minimum atomic E-state index is -0.791. The van der Waals surface area contributed by atoms with Gasteiger partial charge in [-0.1, -0.05) is 71.7 Å². The van der Waals surface area contributed by atoms with Gasteiger partial charge in [0.1, 0.15) is 18.2 Å². The molecule has 4 aromatic rings. The van der Waals surface area contributed by atoms with Crippen LogP contribution in [0.5, 0.6) is 11.5 Å². The van der Waals surface area contributed by atoms with E-state index in [1.807, 2.05) is 48.5 Å². The molecular weight excluding hydrogens is 529 g/mol. The number of rotatable bonds is 8. The molecule has 4 rings (SSSR count). The third-order valence-corrected chi connectivity index (χ3v) is 6.20. The molecule has 0 aliphatic rings. The Morgan fingerprint density at radius 1 is 1.05 bits per heavy atom. The highest BCUT2D eigenvalue weighted by atomic mass is 35.5. The molecule has 0 saturated heterocycles. The fourth-order valence-electron chi connectivity index (χ4n) is 3.75. The van der Waals surface area contributed by atoms with Crippen LogP contribution in [0.3, 0.4) is 0 Å². The van der Waals surface area contributed by atoms with Crippen molar-refractivity contribution in [1.82, 2.24) is 0 Å². The van der Waals surface area contributed by atoms with Gasteiger partial charge in [0.25, 0.3) is 11.6 Å². The van der Waals surface area contributed by atoms with E-state index in [0.29, 0.717) is 23.7 Å². The highest BCUT2D eigenvalue weighted by molar-refractivity contribution is 6.40. The molecule has 0 aromatic heterocycles.